The van der Waals surface area contributed by atoms with E-state index in [0.717, 1.165) is 6.42 Å². The molecule has 0 bridgehead atoms. The summed E-state index contributed by atoms with van der Waals surface area (Å²) in [5, 5.41) is 8.70. The largest absolute Gasteiger partial charge is 0.396 e. The van der Waals surface area contributed by atoms with Crippen molar-refractivity contribution in [2.75, 3.05) is 37.7 Å². The van der Waals surface area contributed by atoms with Crippen LogP contribution in [0.25, 0.3) is 0 Å². The molecule has 0 unspecified atom stereocenters. The number of hydrogen-bond donors (Lipinski definition) is 1. The lowest BCUT2D eigenvalue weighted by Crippen LogP contribution is -2.33. The van der Waals surface area contributed by atoms with Gasteiger partial charge in [-0.05, 0) is 19.4 Å². The monoisotopic (exact) mass is 315 g/mol. The minimum absolute atomic E-state index is 0.372. The Balaban J connectivity index is 1.69. The standard InChI is InChI=1S/C18H37NOS/c20-16-12-10-8-6-4-2-1-3-5-7-9-11-13-19-14-17-21-18-15-19/h20H,1-18H2. The van der Waals surface area contributed by atoms with Crippen LogP contribution >= 0.6 is 11.8 Å². The molecule has 1 aliphatic rings. The molecule has 3 heteroatoms. The zero-order chi connectivity index (χ0) is 15.0. The van der Waals surface area contributed by atoms with Gasteiger partial charge in [-0.15, -0.1) is 0 Å². The van der Waals surface area contributed by atoms with E-state index >= 15 is 0 Å². The van der Waals surface area contributed by atoms with Crippen LogP contribution in [0.2, 0.25) is 0 Å². The molecule has 0 aromatic heterocycles. The summed E-state index contributed by atoms with van der Waals surface area (Å²) in [7, 11) is 0. The van der Waals surface area contributed by atoms with E-state index in [-0.39, 0.29) is 0 Å². The highest BCUT2D eigenvalue weighted by molar-refractivity contribution is 7.99. The Hall–Kier alpha value is 0.270. The Morgan fingerprint density at radius 3 is 1.52 bits per heavy atom. The van der Waals surface area contributed by atoms with E-state index in [2.05, 4.69) is 16.7 Å². The van der Waals surface area contributed by atoms with Crippen LogP contribution in [0.5, 0.6) is 0 Å². The summed E-state index contributed by atoms with van der Waals surface area (Å²) in [6.07, 6.45) is 16.3. The maximum Gasteiger partial charge on any atom is 0.0431 e. The fraction of sp³-hybridized carbons (Fsp3) is 1.00. The van der Waals surface area contributed by atoms with E-state index in [4.69, 9.17) is 5.11 Å². The van der Waals surface area contributed by atoms with Crippen LogP contribution in [-0.4, -0.2) is 47.8 Å². The summed E-state index contributed by atoms with van der Waals surface area (Å²) in [4.78, 5) is 2.65. The third-order valence-electron chi connectivity index (χ3n) is 4.49. The van der Waals surface area contributed by atoms with Crippen molar-refractivity contribution in [3.05, 3.63) is 0 Å². The molecule has 0 aromatic carbocycles. The number of hydrogen-bond acceptors (Lipinski definition) is 3. The second-order valence-electron chi connectivity index (χ2n) is 6.42. The average molecular weight is 316 g/mol. The summed E-state index contributed by atoms with van der Waals surface area (Å²) in [6, 6.07) is 0. The molecule has 0 radical (unpaired) electrons. The molecule has 1 saturated heterocycles. The number of rotatable bonds is 14. The lowest BCUT2D eigenvalue weighted by atomic mass is 10.1. The zero-order valence-electron chi connectivity index (χ0n) is 14.0. The van der Waals surface area contributed by atoms with E-state index < -0.39 is 0 Å². The van der Waals surface area contributed by atoms with Gasteiger partial charge in [0.15, 0.2) is 0 Å². The molecule has 1 fully saturated rings. The normalized spacial score (nSPS) is 16.4. The molecule has 1 aliphatic heterocycles. The van der Waals surface area contributed by atoms with Gasteiger partial charge in [0.1, 0.15) is 0 Å². The average Bonchev–Trinajstić information content (AvgIpc) is 2.53. The molecule has 126 valence electrons. The second-order valence-corrected chi connectivity index (χ2v) is 7.65. The Bertz CT molecular complexity index is 207. The van der Waals surface area contributed by atoms with Gasteiger partial charge < -0.3 is 10.0 Å². The number of aliphatic hydroxyl groups excluding tert-OH is 1. The molecule has 0 aliphatic carbocycles. The third kappa shape index (κ3) is 12.5. The van der Waals surface area contributed by atoms with Crippen LogP contribution in [0, 0.1) is 0 Å². The maximum atomic E-state index is 8.70. The predicted octanol–water partition coefficient (Wildman–Crippen LogP) is 4.71. The molecular formula is C18H37NOS. The SMILES string of the molecule is OCCCCCCCCCCCCCCN1CCSCC1. The number of thioether (sulfide) groups is 1. The summed E-state index contributed by atoms with van der Waals surface area (Å²) in [5.74, 6) is 2.69. The van der Waals surface area contributed by atoms with Gasteiger partial charge >= 0.3 is 0 Å². The van der Waals surface area contributed by atoms with Gasteiger partial charge in [0.05, 0.1) is 0 Å². The molecule has 0 atom stereocenters. The van der Waals surface area contributed by atoms with Gasteiger partial charge in [-0.2, -0.15) is 11.8 Å². The van der Waals surface area contributed by atoms with Crippen molar-refractivity contribution in [3.8, 4) is 0 Å². The minimum Gasteiger partial charge on any atom is -0.396 e. The quantitative estimate of drug-likeness (QED) is 0.470. The third-order valence-corrected chi connectivity index (χ3v) is 5.43. The topological polar surface area (TPSA) is 23.5 Å². The molecule has 0 spiro atoms. The van der Waals surface area contributed by atoms with Crippen LogP contribution in [0.3, 0.4) is 0 Å². The first kappa shape index (κ1) is 19.3. The van der Waals surface area contributed by atoms with Crippen LogP contribution in [0.15, 0.2) is 0 Å². The number of unbranched alkanes of at least 4 members (excludes halogenated alkanes) is 11. The van der Waals surface area contributed by atoms with E-state index in [1.165, 1.54) is 102 Å². The number of nitrogens with zero attached hydrogens (tertiary/aromatic N) is 1. The Kier molecular flexibility index (Phi) is 14.0. The molecular weight excluding hydrogens is 278 g/mol. The predicted molar refractivity (Wildman–Crippen MR) is 96.3 cm³/mol. The van der Waals surface area contributed by atoms with Gasteiger partial charge in [-0.1, -0.05) is 64.2 Å². The Labute approximate surface area is 137 Å². The van der Waals surface area contributed by atoms with Crippen molar-refractivity contribution in [1.82, 2.24) is 4.90 Å². The van der Waals surface area contributed by atoms with Gasteiger partial charge in [-0.3, -0.25) is 0 Å². The number of aliphatic hydroxyl groups is 1. The van der Waals surface area contributed by atoms with Crippen LogP contribution in [0.1, 0.15) is 77.0 Å². The smallest absolute Gasteiger partial charge is 0.0431 e. The first-order chi connectivity index (χ1) is 10.4. The molecule has 1 heterocycles. The van der Waals surface area contributed by atoms with E-state index in [1.807, 2.05) is 0 Å². The highest BCUT2D eigenvalue weighted by Gasteiger charge is 2.08. The maximum absolute atomic E-state index is 8.70. The molecule has 1 N–H and O–H groups in total. The lowest BCUT2D eigenvalue weighted by molar-refractivity contribution is 0.282. The summed E-state index contributed by atoms with van der Waals surface area (Å²) in [6.45, 7) is 4.36. The van der Waals surface area contributed by atoms with E-state index in [9.17, 15) is 0 Å². The fourth-order valence-corrected chi connectivity index (χ4v) is 4.02. The van der Waals surface area contributed by atoms with Crippen LogP contribution in [0.4, 0.5) is 0 Å². The molecule has 1 rings (SSSR count). The van der Waals surface area contributed by atoms with Crippen LogP contribution in [-0.2, 0) is 0 Å². The highest BCUT2D eigenvalue weighted by atomic mass is 32.2. The van der Waals surface area contributed by atoms with Gasteiger partial charge in [0, 0.05) is 31.2 Å². The van der Waals surface area contributed by atoms with Gasteiger partial charge in [-0.25, -0.2) is 0 Å². The van der Waals surface area contributed by atoms with Crippen molar-refractivity contribution in [2.24, 2.45) is 0 Å². The minimum atomic E-state index is 0.372. The van der Waals surface area contributed by atoms with Crippen molar-refractivity contribution in [2.45, 2.75) is 77.0 Å². The molecule has 21 heavy (non-hydrogen) atoms. The van der Waals surface area contributed by atoms with Gasteiger partial charge in [0.25, 0.3) is 0 Å². The summed E-state index contributed by atoms with van der Waals surface area (Å²) >= 11 is 2.11. The Morgan fingerprint density at radius 2 is 1.05 bits per heavy atom. The molecule has 0 amide bonds. The zero-order valence-corrected chi connectivity index (χ0v) is 14.8. The van der Waals surface area contributed by atoms with Crippen molar-refractivity contribution in [1.29, 1.82) is 0 Å². The van der Waals surface area contributed by atoms with E-state index in [0.29, 0.717) is 6.61 Å². The fourth-order valence-electron chi connectivity index (χ4n) is 3.04. The van der Waals surface area contributed by atoms with E-state index in [1.54, 1.807) is 0 Å². The first-order valence-corrected chi connectivity index (χ1v) is 10.5. The Morgan fingerprint density at radius 1 is 0.619 bits per heavy atom. The second kappa shape index (κ2) is 15.2. The summed E-state index contributed by atoms with van der Waals surface area (Å²) in [5.41, 5.74) is 0. The van der Waals surface area contributed by atoms with Crippen molar-refractivity contribution >= 4 is 11.8 Å². The van der Waals surface area contributed by atoms with Crippen LogP contribution < -0.4 is 0 Å². The van der Waals surface area contributed by atoms with Crippen molar-refractivity contribution in [3.63, 3.8) is 0 Å². The molecule has 0 saturated carbocycles. The first-order valence-electron chi connectivity index (χ1n) is 9.34. The lowest BCUT2D eigenvalue weighted by Gasteiger charge is -2.25. The van der Waals surface area contributed by atoms with Crippen molar-refractivity contribution < 1.29 is 5.11 Å². The molecule has 0 aromatic rings. The summed E-state index contributed by atoms with van der Waals surface area (Å²) < 4.78 is 0. The van der Waals surface area contributed by atoms with Gasteiger partial charge in [0.2, 0.25) is 0 Å². The highest BCUT2D eigenvalue weighted by Crippen LogP contribution is 2.13. The molecule has 2 nitrogen and oxygen atoms in total.